The number of anilines is 2. The molecule has 1 fully saturated rings. The molecule has 0 spiro atoms. The predicted molar refractivity (Wildman–Crippen MR) is 135 cm³/mol. The summed E-state index contributed by atoms with van der Waals surface area (Å²) in [5.41, 5.74) is 2.09. The van der Waals surface area contributed by atoms with Gasteiger partial charge in [0.25, 0.3) is 0 Å². The van der Waals surface area contributed by atoms with Crippen LogP contribution in [0.1, 0.15) is 41.7 Å². The summed E-state index contributed by atoms with van der Waals surface area (Å²) in [6.45, 7) is 0. The summed E-state index contributed by atoms with van der Waals surface area (Å²) in [7, 11) is 0. The van der Waals surface area contributed by atoms with Crippen molar-refractivity contribution in [3.8, 4) is 0 Å². The Bertz CT molecular complexity index is 1080. The van der Waals surface area contributed by atoms with Gasteiger partial charge in [0.15, 0.2) is 10.9 Å². The third-order valence-corrected chi connectivity index (χ3v) is 8.54. The maximum atomic E-state index is 12.9. The fraction of sp³-hybridized carbons (Fsp3) is 0.292. The van der Waals surface area contributed by atoms with Gasteiger partial charge in [0.2, 0.25) is 0 Å². The quantitative estimate of drug-likeness (QED) is 0.262. The van der Waals surface area contributed by atoms with Gasteiger partial charge in [-0.3, -0.25) is 10.1 Å². The summed E-state index contributed by atoms with van der Waals surface area (Å²) in [6.07, 6.45) is 6.07. The van der Waals surface area contributed by atoms with E-state index >= 15 is 0 Å². The van der Waals surface area contributed by atoms with E-state index in [-0.39, 0.29) is 17.7 Å². The summed E-state index contributed by atoms with van der Waals surface area (Å²) in [5.74, 6) is 0.921. The zero-order valence-electron chi connectivity index (χ0n) is 17.8. The van der Waals surface area contributed by atoms with E-state index in [1.165, 1.54) is 16.2 Å². The molecule has 1 aromatic heterocycles. The molecule has 0 unspecified atom stereocenters. The van der Waals surface area contributed by atoms with E-state index in [0.717, 1.165) is 41.3 Å². The van der Waals surface area contributed by atoms with Crippen molar-refractivity contribution >= 4 is 57.5 Å². The van der Waals surface area contributed by atoms with Crippen molar-refractivity contribution in [3.63, 3.8) is 0 Å². The van der Waals surface area contributed by atoms with Gasteiger partial charge in [0, 0.05) is 22.1 Å². The normalized spacial score (nSPS) is 13.8. The molecular weight excluding hydrogens is 458 g/mol. The highest BCUT2D eigenvalue weighted by atomic mass is 32.2. The molecule has 1 aliphatic carbocycles. The maximum absolute atomic E-state index is 12.9. The zero-order chi connectivity index (χ0) is 22.3. The Morgan fingerprint density at radius 2 is 1.75 bits per heavy atom. The molecule has 0 saturated heterocycles. The lowest BCUT2D eigenvalue weighted by Crippen LogP contribution is -2.22. The number of Topliss-reactive ketones (excluding diaryl/α,β-unsaturated/α-hetero) is 1. The lowest BCUT2D eigenvalue weighted by Gasteiger charge is -2.13. The number of benzene rings is 2. The fourth-order valence-corrected chi connectivity index (χ4v) is 6.45. The van der Waals surface area contributed by atoms with Gasteiger partial charge >= 0.3 is 6.03 Å². The Morgan fingerprint density at radius 3 is 2.50 bits per heavy atom. The average Bonchev–Trinajstić information content (AvgIpc) is 3.48. The molecular formula is C24H25N3O2S3. The minimum atomic E-state index is -0.389. The largest absolute Gasteiger partial charge is 0.325 e. The van der Waals surface area contributed by atoms with Crippen molar-refractivity contribution < 1.29 is 9.59 Å². The van der Waals surface area contributed by atoms with Crippen molar-refractivity contribution in [2.24, 2.45) is 5.92 Å². The standard InChI is InChI=1S/C24H25N3O2S3/c1-30-22-20(15-31-17-11-3-2-4-12-17)26-24(32-22)27-23(29)25-19-14-8-7-13-18(19)21(28)16-9-5-6-10-16/h2-4,7-8,11-14,16H,5-6,9-10,15H2,1H3,(H2,25,26,27,29). The van der Waals surface area contributed by atoms with E-state index in [1.54, 1.807) is 35.7 Å². The van der Waals surface area contributed by atoms with E-state index in [2.05, 4.69) is 27.8 Å². The minimum Gasteiger partial charge on any atom is -0.307 e. The van der Waals surface area contributed by atoms with Gasteiger partial charge in [-0.1, -0.05) is 54.5 Å². The minimum absolute atomic E-state index is 0.0637. The van der Waals surface area contributed by atoms with E-state index in [0.29, 0.717) is 16.4 Å². The second-order valence-electron chi connectivity index (χ2n) is 7.53. The number of hydrogen-bond acceptors (Lipinski definition) is 6. The number of nitrogens with zero attached hydrogens (tertiary/aromatic N) is 1. The first-order valence-corrected chi connectivity index (χ1v) is 13.6. The van der Waals surface area contributed by atoms with Crippen LogP contribution in [0.15, 0.2) is 63.7 Å². The van der Waals surface area contributed by atoms with Crippen molar-refractivity contribution in [2.75, 3.05) is 16.9 Å². The SMILES string of the molecule is CSc1sc(NC(=O)Nc2ccccc2C(=O)C2CCCC2)nc1CSc1ccccc1. The average molecular weight is 484 g/mol. The van der Waals surface area contributed by atoms with Crippen LogP contribution in [-0.2, 0) is 5.75 Å². The second-order valence-corrected chi connectivity index (χ2v) is 10.7. The Kier molecular flexibility index (Phi) is 7.89. The van der Waals surface area contributed by atoms with Crippen LogP contribution in [0.3, 0.4) is 0 Å². The van der Waals surface area contributed by atoms with Gasteiger partial charge in [-0.2, -0.15) is 0 Å². The Labute approximate surface area is 200 Å². The van der Waals surface area contributed by atoms with Crippen LogP contribution in [0.5, 0.6) is 0 Å². The molecule has 3 aromatic rings. The molecule has 4 rings (SSSR count). The van der Waals surface area contributed by atoms with Crippen molar-refractivity contribution in [3.05, 3.63) is 65.9 Å². The number of ketones is 1. The number of amides is 2. The molecule has 1 saturated carbocycles. The highest BCUT2D eigenvalue weighted by Gasteiger charge is 2.26. The third-order valence-electron chi connectivity index (χ3n) is 5.35. The molecule has 8 heteroatoms. The summed E-state index contributed by atoms with van der Waals surface area (Å²) < 4.78 is 1.08. The molecule has 32 heavy (non-hydrogen) atoms. The van der Waals surface area contributed by atoms with Crippen molar-refractivity contribution in [2.45, 2.75) is 40.5 Å². The Morgan fingerprint density at radius 1 is 1.03 bits per heavy atom. The van der Waals surface area contributed by atoms with E-state index in [1.807, 2.05) is 36.6 Å². The van der Waals surface area contributed by atoms with Crippen molar-refractivity contribution in [1.29, 1.82) is 0 Å². The molecule has 1 aliphatic rings. The summed E-state index contributed by atoms with van der Waals surface area (Å²) in [6, 6.07) is 17.0. The second kappa shape index (κ2) is 11.0. The molecule has 166 valence electrons. The number of aromatic nitrogens is 1. The highest BCUT2D eigenvalue weighted by molar-refractivity contribution is 8.01. The Balaban J connectivity index is 1.41. The molecule has 5 nitrogen and oxygen atoms in total. The van der Waals surface area contributed by atoms with Crippen LogP contribution >= 0.6 is 34.9 Å². The van der Waals surface area contributed by atoms with E-state index < -0.39 is 0 Å². The smallest absolute Gasteiger partial charge is 0.307 e. The fourth-order valence-electron chi connectivity index (χ4n) is 3.78. The first kappa shape index (κ1) is 22.9. The summed E-state index contributed by atoms with van der Waals surface area (Å²) in [4.78, 5) is 31.4. The topological polar surface area (TPSA) is 71.1 Å². The first-order chi connectivity index (χ1) is 15.6. The van der Waals surface area contributed by atoms with Crippen LogP contribution in [0.4, 0.5) is 15.6 Å². The molecule has 2 amide bonds. The van der Waals surface area contributed by atoms with Crippen LogP contribution in [0.2, 0.25) is 0 Å². The molecule has 0 atom stereocenters. The highest BCUT2D eigenvalue weighted by Crippen LogP contribution is 2.35. The van der Waals surface area contributed by atoms with E-state index in [9.17, 15) is 9.59 Å². The first-order valence-electron chi connectivity index (χ1n) is 10.6. The monoisotopic (exact) mass is 483 g/mol. The van der Waals surface area contributed by atoms with Gasteiger partial charge in [0.1, 0.15) is 0 Å². The molecule has 2 aromatic carbocycles. The molecule has 1 heterocycles. The molecule has 0 radical (unpaired) electrons. The number of nitrogens with one attached hydrogen (secondary N) is 2. The number of urea groups is 1. The van der Waals surface area contributed by atoms with Crippen LogP contribution < -0.4 is 10.6 Å². The summed E-state index contributed by atoms with van der Waals surface area (Å²) >= 11 is 4.81. The lowest BCUT2D eigenvalue weighted by atomic mass is 9.95. The number of para-hydroxylation sites is 1. The number of rotatable bonds is 8. The molecule has 0 aliphatic heterocycles. The molecule has 2 N–H and O–H groups in total. The van der Waals surface area contributed by atoms with E-state index in [4.69, 9.17) is 0 Å². The maximum Gasteiger partial charge on any atom is 0.325 e. The predicted octanol–water partition coefficient (Wildman–Crippen LogP) is 7.17. The van der Waals surface area contributed by atoms with Crippen molar-refractivity contribution in [1.82, 2.24) is 4.98 Å². The number of carbonyl (C=O) groups is 2. The summed E-state index contributed by atoms with van der Waals surface area (Å²) in [5, 5.41) is 6.25. The number of hydrogen-bond donors (Lipinski definition) is 2. The van der Waals surface area contributed by atoms with Gasteiger partial charge in [-0.05, 0) is 43.4 Å². The molecule has 0 bridgehead atoms. The van der Waals surface area contributed by atoms with Gasteiger partial charge in [-0.25, -0.2) is 9.78 Å². The number of thioether (sulfide) groups is 2. The van der Waals surface area contributed by atoms with Gasteiger partial charge < -0.3 is 5.32 Å². The van der Waals surface area contributed by atoms with Crippen LogP contribution in [-0.4, -0.2) is 23.1 Å². The number of carbonyl (C=O) groups excluding carboxylic acids is 2. The third kappa shape index (κ3) is 5.74. The van der Waals surface area contributed by atoms with Crippen LogP contribution in [0.25, 0.3) is 0 Å². The zero-order valence-corrected chi connectivity index (χ0v) is 20.2. The van der Waals surface area contributed by atoms with Gasteiger partial charge in [0.05, 0.1) is 15.6 Å². The lowest BCUT2D eigenvalue weighted by molar-refractivity contribution is 0.0924. The number of thiazole rings is 1. The van der Waals surface area contributed by atoms with Crippen LogP contribution in [0, 0.1) is 5.92 Å². The van der Waals surface area contributed by atoms with Gasteiger partial charge in [-0.15, -0.1) is 23.5 Å². The Hall–Kier alpha value is -2.29.